The second kappa shape index (κ2) is 8.65. The number of anilines is 1. The fourth-order valence-electron chi connectivity index (χ4n) is 2.95. The number of para-hydroxylation sites is 1. The first kappa shape index (κ1) is 18.2. The number of β-amino-alcohol motifs (C(OH)–C–C–N with tert-alkyl or cyclic N) is 1. The van der Waals surface area contributed by atoms with Gasteiger partial charge in [0.1, 0.15) is 24.3 Å². The molecule has 0 bridgehead atoms. The summed E-state index contributed by atoms with van der Waals surface area (Å²) in [5.41, 5.74) is 0.654. The standard InChI is InChI=1S/C19H22BrFN2O2/c20-15-5-7-17(8-6-15)25-14-16(24)13-22-9-11-23(12-10-22)19-4-2-1-3-18(19)21/h1-8,16,24H,9-14H2. The van der Waals surface area contributed by atoms with Crippen molar-refractivity contribution < 1.29 is 14.2 Å². The zero-order valence-electron chi connectivity index (χ0n) is 13.9. The van der Waals surface area contributed by atoms with Gasteiger partial charge in [-0.05, 0) is 36.4 Å². The molecule has 0 spiro atoms. The van der Waals surface area contributed by atoms with Crippen LogP contribution in [0.2, 0.25) is 0 Å². The average molecular weight is 409 g/mol. The Kier molecular flexibility index (Phi) is 6.29. The quantitative estimate of drug-likeness (QED) is 0.796. The molecule has 1 heterocycles. The number of benzene rings is 2. The van der Waals surface area contributed by atoms with Crippen LogP contribution in [0.5, 0.6) is 5.75 Å². The molecular weight excluding hydrogens is 387 g/mol. The molecule has 1 N–H and O–H groups in total. The molecule has 1 fully saturated rings. The number of aliphatic hydroxyl groups excluding tert-OH is 1. The van der Waals surface area contributed by atoms with Crippen LogP contribution in [0.4, 0.5) is 10.1 Å². The molecule has 2 aromatic rings. The predicted molar refractivity (Wildman–Crippen MR) is 101 cm³/mol. The number of hydrogen-bond donors (Lipinski definition) is 1. The van der Waals surface area contributed by atoms with Crippen LogP contribution in [-0.2, 0) is 0 Å². The lowest BCUT2D eigenvalue weighted by molar-refractivity contribution is 0.0662. The van der Waals surface area contributed by atoms with Crippen LogP contribution in [-0.4, -0.2) is 55.4 Å². The summed E-state index contributed by atoms with van der Waals surface area (Å²) >= 11 is 3.38. The van der Waals surface area contributed by atoms with Gasteiger partial charge in [0.05, 0.1) is 5.69 Å². The smallest absolute Gasteiger partial charge is 0.146 e. The summed E-state index contributed by atoms with van der Waals surface area (Å²) in [5.74, 6) is 0.561. The van der Waals surface area contributed by atoms with Gasteiger partial charge in [0.15, 0.2) is 0 Å². The maximum absolute atomic E-state index is 13.9. The molecule has 4 nitrogen and oxygen atoms in total. The highest BCUT2D eigenvalue weighted by atomic mass is 79.9. The summed E-state index contributed by atoms with van der Waals surface area (Å²) in [5, 5.41) is 10.2. The SMILES string of the molecule is OC(COc1ccc(Br)cc1)CN1CCN(c2ccccc2F)CC1. The minimum atomic E-state index is -0.552. The maximum Gasteiger partial charge on any atom is 0.146 e. The predicted octanol–water partition coefficient (Wildman–Crippen LogP) is 3.15. The minimum absolute atomic E-state index is 0.182. The molecule has 0 aliphatic carbocycles. The lowest BCUT2D eigenvalue weighted by Gasteiger charge is -2.36. The molecule has 1 aliphatic heterocycles. The van der Waals surface area contributed by atoms with Crippen LogP contribution >= 0.6 is 15.9 Å². The monoisotopic (exact) mass is 408 g/mol. The molecule has 25 heavy (non-hydrogen) atoms. The Hall–Kier alpha value is -1.63. The van der Waals surface area contributed by atoms with Gasteiger partial charge >= 0.3 is 0 Å². The van der Waals surface area contributed by atoms with E-state index in [0.717, 1.165) is 36.4 Å². The number of piperazine rings is 1. The van der Waals surface area contributed by atoms with E-state index >= 15 is 0 Å². The van der Waals surface area contributed by atoms with E-state index in [4.69, 9.17) is 4.74 Å². The number of nitrogens with zero attached hydrogens (tertiary/aromatic N) is 2. The third-order valence-electron chi connectivity index (χ3n) is 4.29. The molecule has 0 aromatic heterocycles. The van der Waals surface area contributed by atoms with Crippen molar-refractivity contribution in [2.24, 2.45) is 0 Å². The Morgan fingerprint density at radius 2 is 1.72 bits per heavy atom. The van der Waals surface area contributed by atoms with Gasteiger partial charge in [0.2, 0.25) is 0 Å². The summed E-state index contributed by atoms with van der Waals surface area (Å²) in [6, 6.07) is 14.4. The second-order valence-corrected chi connectivity index (χ2v) is 7.07. The van der Waals surface area contributed by atoms with Crippen molar-refractivity contribution in [2.45, 2.75) is 6.10 Å². The van der Waals surface area contributed by atoms with E-state index in [2.05, 4.69) is 25.7 Å². The van der Waals surface area contributed by atoms with Crippen LogP contribution in [0, 0.1) is 5.82 Å². The van der Waals surface area contributed by atoms with Gasteiger partial charge in [-0.2, -0.15) is 0 Å². The number of halogens is 2. The topological polar surface area (TPSA) is 35.9 Å². The van der Waals surface area contributed by atoms with Crippen LogP contribution in [0.25, 0.3) is 0 Å². The molecule has 134 valence electrons. The molecular formula is C19H22BrFN2O2. The summed E-state index contributed by atoms with van der Waals surface area (Å²) in [4.78, 5) is 4.24. The zero-order chi connectivity index (χ0) is 17.6. The van der Waals surface area contributed by atoms with E-state index in [0.29, 0.717) is 12.2 Å². The minimum Gasteiger partial charge on any atom is -0.491 e. The lowest BCUT2D eigenvalue weighted by Crippen LogP contribution is -2.49. The van der Waals surface area contributed by atoms with E-state index in [9.17, 15) is 9.50 Å². The van der Waals surface area contributed by atoms with Crippen molar-refractivity contribution >= 4 is 21.6 Å². The maximum atomic E-state index is 13.9. The highest BCUT2D eigenvalue weighted by Crippen LogP contribution is 2.20. The Morgan fingerprint density at radius 1 is 1.04 bits per heavy atom. The van der Waals surface area contributed by atoms with E-state index in [1.54, 1.807) is 6.07 Å². The molecule has 2 aromatic carbocycles. The van der Waals surface area contributed by atoms with Gasteiger partial charge in [-0.3, -0.25) is 4.90 Å². The van der Waals surface area contributed by atoms with E-state index in [-0.39, 0.29) is 12.4 Å². The average Bonchev–Trinajstić information content (AvgIpc) is 2.62. The molecule has 6 heteroatoms. The molecule has 1 atom stereocenters. The second-order valence-electron chi connectivity index (χ2n) is 6.16. The third-order valence-corrected chi connectivity index (χ3v) is 4.82. The summed E-state index contributed by atoms with van der Waals surface area (Å²) in [7, 11) is 0. The fourth-order valence-corrected chi connectivity index (χ4v) is 3.22. The highest BCUT2D eigenvalue weighted by Gasteiger charge is 2.21. The van der Waals surface area contributed by atoms with Crippen LogP contribution in [0.1, 0.15) is 0 Å². The summed E-state index contributed by atoms with van der Waals surface area (Å²) in [6.07, 6.45) is -0.552. The first-order valence-corrected chi connectivity index (χ1v) is 9.19. The molecule has 1 unspecified atom stereocenters. The van der Waals surface area contributed by atoms with Gasteiger partial charge in [-0.1, -0.05) is 28.1 Å². The van der Waals surface area contributed by atoms with Gasteiger partial charge in [-0.15, -0.1) is 0 Å². The van der Waals surface area contributed by atoms with Crippen molar-refractivity contribution in [2.75, 3.05) is 44.2 Å². The van der Waals surface area contributed by atoms with Crippen LogP contribution < -0.4 is 9.64 Å². The summed E-state index contributed by atoms with van der Waals surface area (Å²) in [6.45, 7) is 3.91. The first-order valence-electron chi connectivity index (χ1n) is 8.40. The van der Waals surface area contributed by atoms with E-state index in [1.807, 2.05) is 36.4 Å². The van der Waals surface area contributed by atoms with Crippen molar-refractivity contribution in [1.82, 2.24) is 4.90 Å². The van der Waals surface area contributed by atoms with Crippen molar-refractivity contribution in [1.29, 1.82) is 0 Å². The molecule has 1 saturated heterocycles. The Morgan fingerprint density at radius 3 is 2.40 bits per heavy atom. The third kappa shape index (κ3) is 5.17. The number of rotatable bonds is 6. The summed E-state index contributed by atoms with van der Waals surface area (Å²) < 4.78 is 20.5. The van der Waals surface area contributed by atoms with Crippen molar-refractivity contribution in [3.05, 3.63) is 58.8 Å². The Bertz CT molecular complexity index is 675. The first-order chi connectivity index (χ1) is 12.1. The van der Waals surface area contributed by atoms with Crippen molar-refractivity contribution in [3.8, 4) is 5.75 Å². The zero-order valence-corrected chi connectivity index (χ0v) is 15.5. The number of aliphatic hydroxyl groups is 1. The van der Waals surface area contributed by atoms with Crippen molar-refractivity contribution in [3.63, 3.8) is 0 Å². The fraction of sp³-hybridized carbons (Fsp3) is 0.368. The van der Waals surface area contributed by atoms with Gasteiger partial charge in [0, 0.05) is 37.2 Å². The van der Waals surface area contributed by atoms with Crippen LogP contribution in [0.15, 0.2) is 53.0 Å². The lowest BCUT2D eigenvalue weighted by atomic mass is 10.2. The largest absolute Gasteiger partial charge is 0.491 e. The Labute approximate surface area is 155 Å². The molecule has 0 saturated carbocycles. The molecule has 3 rings (SSSR count). The molecule has 0 radical (unpaired) electrons. The van der Waals surface area contributed by atoms with E-state index in [1.165, 1.54) is 6.07 Å². The van der Waals surface area contributed by atoms with E-state index < -0.39 is 6.10 Å². The highest BCUT2D eigenvalue weighted by molar-refractivity contribution is 9.10. The van der Waals surface area contributed by atoms with Crippen LogP contribution in [0.3, 0.4) is 0 Å². The van der Waals surface area contributed by atoms with Gasteiger partial charge in [0.25, 0.3) is 0 Å². The van der Waals surface area contributed by atoms with Gasteiger partial charge in [-0.25, -0.2) is 4.39 Å². The number of hydrogen-bond acceptors (Lipinski definition) is 4. The Balaban J connectivity index is 1.42. The number of ether oxygens (including phenoxy) is 1. The molecule has 1 aliphatic rings. The normalized spacial score (nSPS) is 16.7. The molecule has 0 amide bonds. The van der Waals surface area contributed by atoms with Gasteiger partial charge < -0.3 is 14.7 Å².